The minimum Gasteiger partial charge on any atom is -0.507 e. The van der Waals surface area contributed by atoms with E-state index in [-0.39, 0.29) is 41.0 Å². The zero-order valence-corrected chi connectivity index (χ0v) is 18.3. The molecule has 0 bridgehead atoms. The normalized spacial score (nSPS) is 15.9. The molecule has 0 unspecified atom stereocenters. The number of aliphatic hydroxyl groups excluding tert-OH is 1. The Morgan fingerprint density at radius 2 is 1.64 bits per heavy atom. The second kappa shape index (κ2) is 9.34. The first-order valence-corrected chi connectivity index (χ1v) is 10.8. The van der Waals surface area contributed by atoms with Crippen LogP contribution in [0, 0.1) is 0 Å². The van der Waals surface area contributed by atoms with Crippen LogP contribution in [0.3, 0.4) is 0 Å². The summed E-state index contributed by atoms with van der Waals surface area (Å²) in [6.07, 6.45) is -4.93. The van der Waals surface area contributed by atoms with Crippen LogP contribution >= 0.6 is 11.6 Å². The summed E-state index contributed by atoms with van der Waals surface area (Å²) in [5.41, 5.74) is -1.53. The molecule has 4 rings (SSSR count). The van der Waals surface area contributed by atoms with Crippen LogP contribution in [0.25, 0.3) is 22.1 Å². The van der Waals surface area contributed by atoms with Crippen molar-refractivity contribution in [3.63, 3.8) is 0 Å². The lowest BCUT2D eigenvalue weighted by atomic mass is 10.00. The molecule has 6 nitrogen and oxygen atoms in total. The molecular formula is C23H22ClF3N2O4. The van der Waals surface area contributed by atoms with Gasteiger partial charge in [-0.2, -0.15) is 13.2 Å². The van der Waals surface area contributed by atoms with Crippen LogP contribution in [0.4, 0.5) is 13.2 Å². The maximum absolute atomic E-state index is 14.0. The average Bonchev–Trinajstić information content (AvgIpc) is 2.77. The minimum atomic E-state index is -4.93. The Morgan fingerprint density at radius 3 is 2.24 bits per heavy atom. The van der Waals surface area contributed by atoms with Crippen molar-refractivity contribution >= 4 is 22.6 Å². The molecule has 0 aliphatic carbocycles. The fourth-order valence-electron chi connectivity index (χ4n) is 4.07. The summed E-state index contributed by atoms with van der Waals surface area (Å²) in [5.74, 6) is -1.65. The quantitative estimate of drug-likeness (QED) is 0.573. The van der Waals surface area contributed by atoms with Gasteiger partial charge in [0.25, 0.3) is 0 Å². The molecule has 2 N–H and O–H groups in total. The van der Waals surface area contributed by atoms with E-state index in [4.69, 9.17) is 21.1 Å². The lowest BCUT2D eigenvalue weighted by Gasteiger charge is -2.34. The second-order valence-electron chi connectivity index (χ2n) is 7.92. The number of β-amino-alcohol motifs (C(OH)–C–C–N with tert-alkyl or cyclic N) is 1. The summed E-state index contributed by atoms with van der Waals surface area (Å²) in [5, 5.41) is 19.8. The molecule has 3 aromatic rings. The number of alkyl halides is 3. The van der Waals surface area contributed by atoms with E-state index in [1.54, 1.807) is 0 Å². The highest BCUT2D eigenvalue weighted by Gasteiger charge is 2.40. The molecule has 1 aliphatic heterocycles. The number of hydrogen-bond acceptors (Lipinski definition) is 6. The molecule has 0 amide bonds. The van der Waals surface area contributed by atoms with E-state index in [0.29, 0.717) is 37.7 Å². The molecule has 1 fully saturated rings. The summed E-state index contributed by atoms with van der Waals surface area (Å²) in [4.78, 5) is 17.3. The third-order valence-corrected chi connectivity index (χ3v) is 6.04. The topological polar surface area (TPSA) is 77.2 Å². The van der Waals surface area contributed by atoms with Crippen LogP contribution in [-0.2, 0) is 12.7 Å². The number of halogens is 4. The average molecular weight is 483 g/mol. The smallest absolute Gasteiger partial charge is 0.450 e. The number of hydrogen-bond donors (Lipinski definition) is 2. The molecule has 1 aromatic heterocycles. The molecule has 1 saturated heterocycles. The fraction of sp³-hybridized carbons (Fsp3) is 0.348. The van der Waals surface area contributed by atoms with Crippen LogP contribution in [-0.4, -0.2) is 59.3 Å². The molecule has 0 spiro atoms. The van der Waals surface area contributed by atoms with Gasteiger partial charge < -0.3 is 14.6 Å². The van der Waals surface area contributed by atoms with Crippen molar-refractivity contribution < 1.29 is 27.8 Å². The first kappa shape index (κ1) is 23.6. The predicted octanol–water partition coefficient (Wildman–Crippen LogP) is 3.95. The van der Waals surface area contributed by atoms with Gasteiger partial charge in [-0.25, -0.2) is 0 Å². The number of phenols is 1. The van der Waals surface area contributed by atoms with Crippen molar-refractivity contribution in [1.82, 2.24) is 9.80 Å². The zero-order chi connectivity index (χ0) is 23.8. The number of rotatable bonds is 5. The van der Waals surface area contributed by atoms with Crippen molar-refractivity contribution in [3.05, 3.63) is 63.0 Å². The lowest BCUT2D eigenvalue weighted by Crippen LogP contribution is -2.46. The lowest BCUT2D eigenvalue weighted by molar-refractivity contribution is -0.152. The SMILES string of the molecule is O=c1c(-c2ccc(Cl)cc2)c(C(F)(F)F)oc2c(CN3CCN(CCO)CC3)c(O)ccc12. The van der Waals surface area contributed by atoms with Crippen molar-refractivity contribution in [2.24, 2.45) is 0 Å². The Balaban J connectivity index is 1.82. The molecule has 0 saturated carbocycles. The van der Waals surface area contributed by atoms with Crippen LogP contribution in [0.15, 0.2) is 45.6 Å². The van der Waals surface area contributed by atoms with Crippen LogP contribution in [0.2, 0.25) is 5.02 Å². The van der Waals surface area contributed by atoms with Crippen LogP contribution in [0.5, 0.6) is 5.75 Å². The molecule has 2 aromatic carbocycles. The van der Waals surface area contributed by atoms with Crippen LogP contribution in [0.1, 0.15) is 11.3 Å². The van der Waals surface area contributed by atoms with Gasteiger partial charge in [0.15, 0.2) is 0 Å². The van der Waals surface area contributed by atoms with Gasteiger partial charge in [0, 0.05) is 44.3 Å². The largest absolute Gasteiger partial charge is 0.507 e. The Morgan fingerprint density at radius 1 is 1.00 bits per heavy atom. The molecule has 2 heterocycles. The fourth-order valence-corrected chi connectivity index (χ4v) is 4.20. The van der Waals surface area contributed by atoms with Gasteiger partial charge in [0.05, 0.1) is 23.1 Å². The minimum absolute atomic E-state index is 0.0389. The number of aromatic hydroxyl groups is 1. The van der Waals surface area contributed by atoms with Crippen molar-refractivity contribution in [2.75, 3.05) is 39.3 Å². The monoisotopic (exact) mass is 482 g/mol. The second-order valence-corrected chi connectivity index (χ2v) is 8.36. The number of aliphatic hydroxyl groups is 1. The van der Waals surface area contributed by atoms with Gasteiger partial charge in [-0.05, 0) is 29.8 Å². The predicted molar refractivity (Wildman–Crippen MR) is 118 cm³/mol. The summed E-state index contributed by atoms with van der Waals surface area (Å²) in [7, 11) is 0. The van der Waals surface area contributed by atoms with E-state index in [0.717, 1.165) is 0 Å². The first-order chi connectivity index (χ1) is 15.7. The highest BCUT2D eigenvalue weighted by Crippen LogP contribution is 2.39. The highest BCUT2D eigenvalue weighted by atomic mass is 35.5. The van der Waals surface area contributed by atoms with Gasteiger partial charge in [0.1, 0.15) is 11.3 Å². The number of phenolic OH excluding ortho intramolecular Hbond substituents is 1. The maximum Gasteiger partial charge on any atom is 0.450 e. The third-order valence-electron chi connectivity index (χ3n) is 5.79. The Hall–Kier alpha value is -2.59. The van der Waals surface area contributed by atoms with E-state index in [2.05, 4.69) is 4.90 Å². The van der Waals surface area contributed by atoms with Gasteiger partial charge in [-0.1, -0.05) is 23.7 Å². The molecule has 1 aliphatic rings. The molecule has 10 heteroatoms. The molecular weight excluding hydrogens is 461 g/mol. The van der Waals surface area contributed by atoms with Crippen molar-refractivity contribution in [2.45, 2.75) is 12.7 Å². The molecule has 33 heavy (non-hydrogen) atoms. The Labute approximate surface area is 192 Å². The van der Waals surface area contributed by atoms with Gasteiger partial charge in [-0.3, -0.25) is 14.6 Å². The zero-order valence-electron chi connectivity index (χ0n) is 17.5. The Bertz CT molecular complexity index is 1200. The number of piperazine rings is 1. The third kappa shape index (κ3) is 4.86. The van der Waals surface area contributed by atoms with E-state index in [1.165, 1.54) is 36.4 Å². The summed E-state index contributed by atoms with van der Waals surface area (Å²) >= 11 is 5.85. The van der Waals surface area contributed by atoms with E-state index in [9.17, 15) is 23.1 Å². The van der Waals surface area contributed by atoms with E-state index >= 15 is 0 Å². The van der Waals surface area contributed by atoms with Crippen molar-refractivity contribution in [3.8, 4) is 16.9 Å². The van der Waals surface area contributed by atoms with Gasteiger partial charge >= 0.3 is 6.18 Å². The molecule has 176 valence electrons. The Kier molecular flexibility index (Phi) is 6.67. The highest BCUT2D eigenvalue weighted by molar-refractivity contribution is 6.30. The summed E-state index contributed by atoms with van der Waals surface area (Å²) in [6.45, 7) is 3.24. The van der Waals surface area contributed by atoms with Crippen molar-refractivity contribution in [1.29, 1.82) is 0 Å². The number of nitrogens with zero attached hydrogens (tertiary/aromatic N) is 2. The first-order valence-electron chi connectivity index (χ1n) is 10.4. The van der Waals surface area contributed by atoms with Gasteiger partial charge in [0.2, 0.25) is 11.2 Å². The summed E-state index contributed by atoms with van der Waals surface area (Å²) in [6, 6.07) is 8.05. The standard InChI is InChI=1S/C23H22ClF3N2O4/c24-15-3-1-14(2-4-15)19-20(32)16-5-6-18(31)17(21(16)33-22(19)23(25,26)27)13-29-9-7-28(8-10-29)11-12-30/h1-6,30-31H,7-13H2. The molecule has 0 atom stereocenters. The number of benzene rings is 2. The van der Waals surface area contributed by atoms with E-state index in [1.807, 2.05) is 4.90 Å². The van der Waals surface area contributed by atoms with Crippen LogP contribution < -0.4 is 5.43 Å². The number of fused-ring (bicyclic) bond motifs is 1. The summed E-state index contributed by atoms with van der Waals surface area (Å²) < 4.78 is 47.3. The van der Waals surface area contributed by atoms with E-state index < -0.39 is 22.9 Å². The molecule has 0 radical (unpaired) electrons. The van der Waals surface area contributed by atoms with Gasteiger partial charge in [-0.15, -0.1) is 0 Å². The maximum atomic E-state index is 14.0.